The molecule has 0 bridgehead atoms. The van der Waals surface area contributed by atoms with Gasteiger partial charge in [-0.1, -0.05) is 25.5 Å². The van der Waals surface area contributed by atoms with Crippen LogP contribution < -0.4 is 10.6 Å². The Bertz CT molecular complexity index is 415. The van der Waals surface area contributed by atoms with E-state index in [9.17, 15) is 9.59 Å². The van der Waals surface area contributed by atoms with E-state index in [1.54, 1.807) is 12.1 Å². The summed E-state index contributed by atoms with van der Waals surface area (Å²) in [5.74, 6) is -1.47. The molecular formula is C14H20N2O3. The van der Waals surface area contributed by atoms with Gasteiger partial charge in [-0.05, 0) is 30.5 Å². The molecule has 0 saturated carbocycles. The Morgan fingerprint density at radius 3 is 2.42 bits per heavy atom. The van der Waals surface area contributed by atoms with Crippen LogP contribution in [-0.2, 0) is 16.0 Å². The Morgan fingerprint density at radius 1 is 1.16 bits per heavy atom. The van der Waals surface area contributed by atoms with E-state index in [2.05, 4.69) is 17.6 Å². The van der Waals surface area contributed by atoms with Crippen LogP contribution >= 0.6 is 0 Å². The molecule has 0 aromatic heterocycles. The van der Waals surface area contributed by atoms with Crippen molar-refractivity contribution in [3.8, 4) is 0 Å². The lowest BCUT2D eigenvalue weighted by Crippen LogP contribution is -2.36. The van der Waals surface area contributed by atoms with Crippen LogP contribution in [0.3, 0.4) is 0 Å². The highest BCUT2D eigenvalue weighted by Crippen LogP contribution is 2.11. The summed E-state index contributed by atoms with van der Waals surface area (Å²) in [5, 5.41) is 13.3. The van der Waals surface area contributed by atoms with E-state index in [0.717, 1.165) is 19.3 Å². The number of rotatable bonds is 6. The van der Waals surface area contributed by atoms with Gasteiger partial charge in [-0.2, -0.15) is 0 Å². The maximum atomic E-state index is 11.5. The number of nitrogens with one attached hydrogen (secondary N) is 2. The lowest BCUT2D eigenvalue weighted by atomic mass is 10.1. The average molecular weight is 264 g/mol. The highest BCUT2D eigenvalue weighted by Gasteiger charge is 2.12. The number of hydrogen-bond acceptors (Lipinski definition) is 3. The van der Waals surface area contributed by atoms with Crippen LogP contribution in [0.15, 0.2) is 24.3 Å². The summed E-state index contributed by atoms with van der Waals surface area (Å²) in [4.78, 5) is 22.8. The van der Waals surface area contributed by atoms with Crippen molar-refractivity contribution in [3.63, 3.8) is 0 Å². The minimum atomic E-state index is -0.746. The van der Waals surface area contributed by atoms with Crippen molar-refractivity contribution < 1.29 is 14.7 Å². The van der Waals surface area contributed by atoms with Crippen LogP contribution in [0.5, 0.6) is 0 Å². The Hall–Kier alpha value is -1.88. The molecule has 5 heteroatoms. The summed E-state index contributed by atoms with van der Waals surface area (Å²) in [7, 11) is 0. The molecule has 0 aliphatic carbocycles. The number of carbonyl (C=O) groups is 2. The maximum Gasteiger partial charge on any atom is 0.313 e. The van der Waals surface area contributed by atoms with Gasteiger partial charge in [0, 0.05) is 12.2 Å². The highest BCUT2D eigenvalue weighted by molar-refractivity contribution is 6.39. The van der Waals surface area contributed by atoms with Crippen LogP contribution in [0.4, 0.5) is 5.69 Å². The first-order valence-electron chi connectivity index (χ1n) is 6.46. The molecule has 0 aliphatic rings. The smallest absolute Gasteiger partial charge is 0.313 e. The molecule has 1 aromatic rings. The molecule has 104 valence electrons. The van der Waals surface area contributed by atoms with Crippen LogP contribution in [0.1, 0.15) is 25.3 Å². The molecule has 1 aromatic carbocycles. The molecule has 0 spiro atoms. The number of aliphatic hydroxyl groups excluding tert-OH is 1. The fourth-order valence-electron chi connectivity index (χ4n) is 1.57. The lowest BCUT2D eigenvalue weighted by Gasteiger charge is -2.06. The topological polar surface area (TPSA) is 78.4 Å². The molecule has 0 unspecified atom stereocenters. The molecule has 3 N–H and O–H groups in total. The summed E-state index contributed by atoms with van der Waals surface area (Å²) in [6.45, 7) is 2.02. The fraction of sp³-hybridized carbons (Fsp3) is 0.429. The number of aliphatic hydroxyl groups is 1. The predicted molar refractivity (Wildman–Crippen MR) is 73.8 cm³/mol. The second-order valence-electron chi connectivity index (χ2n) is 4.23. The SMILES string of the molecule is CCCCc1ccc(NC(=O)C(=O)NCCO)cc1. The molecular weight excluding hydrogens is 244 g/mol. The quantitative estimate of drug-likeness (QED) is 0.673. The van der Waals surface area contributed by atoms with Crippen molar-refractivity contribution in [2.75, 3.05) is 18.5 Å². The van der Waals surface area contributed by atoms with Crippen molar-refractivity contribution in [3.05, 3.63) is 29.8 Å². The van der Waals surface area contributed by atoms with E-state index in [1.807, 2.05) is 12.1 Å². The zero-order valence-electron chi connectivity index (χ0n) is 11.1. The number of benzene rings is 1. The van der Waals surface area contributed by atoms with E-state index in [1.165, 1.54) is 5.56 Å². The second-order valence-corrected chi connectivity index (χ2v) is 4.23. The molecule has 0 fully saturated rings. The molecule has 0 radical (unpaired) electrons. The zero-order valence-corrected chi connectivity index (χ0v) is 11.1. The standard InChI is InChI=1S/C14H20N2O3/c1-2-3-4-11-5-7-12(8-6-11)16-14(19)13(18)15-9-10-17/h5-8,17H,2-4,9-10H2,1H3,(H,15,18)(H,16,19). The molecule has 5 nitrogen and oxygen atoms in total. The van der Waals surface area contributed by atoms with Crippen LogP contribution in [0.2, 0.25) is 0 Å². The van der Waals surface area contributed by atoms with Gasteiger partial charge in [-0.15, -0.1) is 0 Å². The van der Waals surface area contributed by atoms with Gasteiger partial charge in [0.25, 0.3) is 0 Å². The van der Waals surface area contributed by atoms with Gasteiger partial charge in [0.1, 0.15) is 0 Å². The molecule has 0 atom stereocenters. The van der Waals surface area contributed by atoms with Gasteiger partial charge in [0.15, 0.2) is 0 Å². The first-order valence-corrected chi connectivity index (χ1v) is 6.46. The third kappa shape index (κ3) is 5.52. The maximum absolute atomic E-state index is 11.5. The number of aryl methyl sites for hydroxylation is 1. The lowest BCUT2D eigenvalue weighted by molar-refractivity contribution is -0.136. The van der Waals surface area contributed by atoms with Gasteiger partial charge in [-0.3, -0.25) is 9.59 Å². The van der Waals surface area contributed by atoms with Crippen molar-refractivity contribution in [2.24, 2.45) is 0 Å². The highest BCUT2D eigenvalue weighted by atomic mass is 16.3. The van der Waals surface area contributed by atoms with E-state index >= 15 is 0 Å². The molecule has 0 saturated heterocycles. The number of anilines is 1. The Kier molecular flexibility index (Phi) is 6.60. The van der Waals surface area contributed by atoms with Crippen molar-refractivity contribution in [2.45, 2.75) is 26.2 Å². The molecule has 0 heterocycles. The minimum absolute atomic E-state index is 0.0716. The third-order valence-corrected chi connectivity index (χ3v) is 2.63. The number of hydrogen-bond donors (Lipinski definition) is 3. The summed E-state index contributed by atoms with van der Waals surface area (Å²) in [6.07, 6.45) is 3.29. The Morgan fingerprint density at radius 2 is 1.84 bits per heavy atom. The summed E-state index contributed by atoms with van der Waals surface area (Å²) in [5.41, 5.74) is 1.80. The minimum Gasteiger partial charge on any atom is -0.395 e. The van der Waals surface area contributed by atoms with Crippen LogP contribution in [0.25, 0.3) is 0 Å². The van der Waals surface area contributed by atoms with Crippen LogP contribution in [0, 0.1) is 0 Å². The van der Waals surface area contributed by atoms with Gasteiger partial charge in [0.2, 0.25) is 0 Å². The zero-order chi connectivity index (χ0) is 14.1. The number of carbonyl (C=O) groups excluding carboxylic acids is 2. The van der Waals surface area contributed by atoms with Gasteiger partial charge in [0.05, 0.1) is 6.61 Å². The van der Waals surface area contributed by atoms with Gasteiger partial charge in [-0.25, -0.2) is 0 Å². The average Bonchev–Trinajstić information content (AvgIpc) is 2.43. The van der Waals surface area contributed by atoms with Crippen molar-refractivity contribution >= 4 is 17.5 Å². The first-order chi connectivity index (χ1) is 9.17. The Labute approximate surface area is 113 Å². The molecule has 2 amide bonds. The summed E-state index contributed by atoms with van der Waals surface area (Å²) < 4.78 is 0. The van der Waals surface area contributed by atoms with E-state index in [4.69, 9.17) is 5.11 Å². The fourth-order valence-corrected chi connectivity index (χ4v) is 1.57. The largest absolute Gasteiger partial charge is 0.395 e. The van der Waals surface area contributed by atoms with Crippen LogP contribution in [-0.4, -0.2) is 30.1 Å². The van der Waals surface area contributed by atoms with Gasteiger partial charge >= 0.3 is 11.8 Å². The van der Waals surface area contributed by atoms with Crippen molar-refractivity contribution in [1.82, 2.24) is 5.32 Å². The number of unbranched alkanes of at least 4 members (excludes halogenated alkanes) is 1. The summed E-state index contributed by atoms with van der Waals surface area (Å²) >= 11 is 0. The first kappa shape index (κ1) is 15.2. The van der Waals surface area contributed by atoms with Crippen molar-refractivity contribution in [1.29, 1.82) is 0 Å². The van der Waals surface area contributed by atoms with Gasteiger partial charge < -0.3 is 15.7 Å². The second kappa shape index (κ2) is 8.26. The Balaban J connectivity index is 2.48. The van der Waals surface area contributed by atoms with E-state index in [0.29, 0.717) is 5.69 Å². The number of amides is 2. The predicted octanol–water partition coefficient (Wildman–Crippen LogP) is 1.08. The molecule has 1 rings (SSSR count). The normalized spacial score (nSPS) is 10.0. The summed E-state index contributed by atoms with van der Waals surface area (Å²) in [6, 6.07) is 7.44. The molecule has 19 heavy (non-hydrogen) atoms. The monoisotopic (exact) mass is 264 g/mol. The van der Waals surface area contributed by atoms with E-state index < -0.39 is 11.8 Å². The van der Waals surface area contributed by atoms with E-state index in [-0.39, 0.29) is 13.2 Å². The molecule has 0 aliphatic heterocycles. The third-order valence-electron chi connectivity index (χ3n) is 2.63.